The van der Waals surface area contributed by atoms with Crippen molar-refractivity contribution in [3.8, 4) is 0 Å². The normalized spacial score (nSPS) is 10.9. The molecule has 8 heteroatoms. The molecule has 0 aliphatic carbocycles. The molecule has 1 aromatic heterocycles. The van der Waals surface area contributed by atoms with Crippen LogP contribution in [0.25, 0.3) is 0 Å². The summed E-state index contributed by atoms with van der Waals surface area (Å²) in [5.74, 6) is -1.84. The fourth-order valence-electron chi connectivity index (χ4n) is 0.949. The number of aliphatic carboxylic acids is 1. The van der Waals surface area contributed by atoms with Crippen LogP contribution in [0.2, 0.25) is 0 Å². The number of carboxylic acids is 1. The predicted molar refractivity (Wildman–Crippen MR) is 60.2 cm³/mol. The summed E-state index contributed by atoms with van der Waals surface area (Å²) < 4.78 is 0. The number of hydrogen-bond acceptors (Lipinski definition) is 5. The lowest BCUT2D eigenvalue weighted by atomic mass is 10.1. The third-order valence-electron chi connectivity index (χ3n) is 1.99. The Morgan fingerprint density at radius 3 is 2.53 bits per heavy atom. The fraction of sp³-hybridized carbons (Fsp3) is 0.333. The van der Waals surface area contributed by atoms with Crippen molar-refractivity contribution < 1.29 is 19.6 Å². The third-order valence-corrected chi connectivity index (χ3v) is 2.87. The predicted octanol–water partition coefficient (Wildman–Crippen LogP) is 1.25. The number of nitrogens with one attached hydrogen (secondary N) is 1. The highest BCUT2D eigenvalue weighted by Crippen LogP contribution is 2.22. The number of nitrogens with zero attached hydrogens (tertiary/aromatic N) is 1. The number of nitro groups is 1. The van der Waals surface area contributed by atoms with Gasteiger partial charge >= 0.3 is 11.0 Å². The van der Waals surface area contributed by atoms with Gasteiger partial charge < -0.3 is 10.4 Å². The van der Waals surface area contributed by atoms with Gasteiger partial charge in [-0.3, -0.25) is 14.9 Å². The van der Waals surface area contributed by atoms with Crippen LogP contribution < -0.4 is 5.32 Å². The van der Waals surface area contributed by atoms with Crippen LogP contribution in [0, 0.1) is 10.1 Å². The van der Waals surface area contributed by atoms with Crippen LogP contribution in [-0.4, -0.2) is 27.4 Å². The second-order valence-corrected chi connectivity index (χ2v) is 4.70. The molecule has 0 radical (unpaired) electrons. The van der Waals surface area contributed by atoms with E-state index < -0.39 is 22.3 Å². The average molecular weight is 258 g/mol. The van der Waals surface area contributed by atoms with Gasteiger partial charge in [-0.05, 0) is 13.8 Å². The van der Waals surface area contributed by atoms with E-state index in [1.165, 1.54) is 19.2 Å². The van der Waals surface area contributed by atoms with Crippen molar-refractivity contribution in [2.45, 2.75) is 19.4 Å². The maximum Gasteiger partial charge on any atom is 0.328 e. The van der Waals surface area contributed by atoms with Gasteiger partial charge in [0.05, 0.1) is 10.5 Å². The quantitative estimate of drug-likeness (QED) is 0.623. The molecule has 7 nitrogen and oxygen atoms in total. The SMILES string of the molecule is CC(C)(NC(=O)c1csc([N+](=O)[O-])c1)C(=O)O. The fourth-order valence-corrected chi connectivity index (χ4v) is 1.65. The number of amides is 1. The number of thiophene rings is 1. The molecule has 0 saturated heterocycles. The van der Waals surface area contributed by atoms with Crippen LogP contribution in [0.15, 0.2) is 11.4 Å². The van der Waals surface area contributed by atoms with Crippen molar-refractivity contribution in [1.82, 2.24) is 5.32 Å². The molecule has 2 N–H and O–H groups in total. The molecule has 92 valence electrons. The summed E-state index contributed by atoms with van der Waals surface area (Å²) in [6.45, 7) is 2.65. The van der Waals surface area contributed by atoms with Gasteiger partial charge in [0, 0.05) is 11.4 Å². The lowest BCUT2D eigenvalue weighted by molar-refractivity contribution is -0.380. The van der Waals surface area contributed by atoms with E-state index >= 15 is 0 Å². The number of rotatable bonds is 4. The van der Waals surface area contributed by atoms with Gasteiger partial charge in [-0.1, -0.05) is 11.3 Å². The molecule has 0 saturated carbocycles. The van der Waals surface area contributed by atoms with Crippen molar-refractivity contribution in [2.24, 2.45) is 0 Å². The highest BCUT2D eigenvalue weighted by molar-refractivity contribution is 7.13. The Labute approximate surface area is 100 Å². The van der Waals surface area contributed by atoms with Crippen LogP contribution in [0.4, 0.5) is 5.00 Å². The number of carbonyl (C=O) groups excluding carboxylic acids is 1. The van der Waals surface area contributed by atoms with E-state index in [-0.39, 0.29) is 10.6 Å². The molecule has 0 aromatic carbocycles. The summed E-state index contributed by atoms with van der Waals surface area (Å²) in [7, 11) is 0. The second-order valence-electron chi connectivity index (χ2n) is 3.82. The Morgan fingerprint density at radius 1 is 1.53 bits per heavy atom. The first-order chi connectivity index (χ1) is 7.74. The Hall–Kier alpha value is -1.96. The monoisotopic (exact) mass is 258 g/mol. The van der Waals surface area contributed by atoms with Crippen molar-refractivity contribution in [1.29, 1.82) is 0 Å². The van der Waals surface area contributed by atoms with Gasteiger partial charge in [-0.25, -0.2) is 4.79 Å². The zero-order valence-corrected chi connectivity index (χ0v) is 9.91. The Morgan fingerprint density at radius 2 is 2.12 bits per heavy atom. The lowest BCUT2D eigenvalue weighted by Crippen LogP contribution is -2.49. The summed E-state index contributed by atoms with van der Waals surface area (Å²) in [4.78, 5) is 32.2. The van der Waals surface area contributed by atoms with E-state index in [1.807, 2.05) is 0 Å². The highest BCUT2D eigenvalue weighted by atomic mass is 32.1. The molecule has 1 heterocycles. The van der Waals surface area contributed by atoms with E-state index in [0.29, 0.717) is 0 Å². The molecular formula is C9H10N2O5S. The van der Waals surface area contributed by atoms with Crippen LogP contribution in [-0.2, 0) is 4.79 Å². The minimum Gasteiger partial charge on any atom is -0.480 e. The Balaban J connectivity index is 2.83. The third kappa shape index (κ3) is 3.00. The van der Waals surface area contributed by atoms with E-state index in [2.05, 4.69) is 5.32 Å². The molecule has 1 rings (SSSR count). The molecule has 1 aromatic rings. The topological polar surface area (TPSA) is 110 Å². The van der Waals surface area contributed by atoms with Crippen LogP contribution >= 0.6 is 11.3 Å². The molecule has 17 heavy (non-hydrogen) atoms. The summed E-state index contributed by atoms with van der Waals surface area (Å²) >= 11 is 0.813. The minimum atomic E-state index is -1.42. The first-order valence-corrected chi connectivity index (χ1v) is 5.41. The van der Waals surface area contributed by atoms with Gasteiger partial charge in [0.25, 0.3) is 5.91 Å². The van der Waals surface area contributed by atoms with Crippen molar-refractivity contribution in [3.05, 3.63) is 27.1 Å². The van der Waals surface area contributed by atoms with Gasteiger partial charge in [-0.15, -0.1) is 0 Å². The summed E-state index contributed by atoms with van der Waals surface area (Å²) in [5.41, 5.74) is -1.34. The van der Waals surface area contributed by atoms with Gasteiger partial charge in [-0.2, -0.15) is 0 Å². The maximum atomic E-state index is 11.6. The molecular weight excluding hydrogens is 248 g/mol. The number of hydrogen-bond donors (Lipinski definition) is 2. The highest BCUT2D eigenvalue weighted by Gasteiger charge is 2.30. The average Bonchev–Trinajstić information content (AvgIpc) is 2.65. The Bertz CT molecular complexity index is 479. The van der Waals surface area contributed by atoms with Gasteiger partial charge in [0.2, 0.25) is 0 Å². The summed E-state index contributed by atoms with van der Waals surface area (Å²) in [5, 5.41) is 22.6. The maximum absolute atomic E-state index is 11.6. The molecule has 0 atom stereocenters. The molecule has 0 aliphatic rings. The summed E-state index contributed by atoms with van der Waals surface area (Å²) in [6.07, 6.45) is 0. The molecule has 0 aliphatic heterocycles. The van der Waals surface area contributed by atoms with E-state index in [9.17, 15) is 19.7 Å². The summed E-state index contributed by atoms with van der Waals surface area (Å²) in [6, 6.07) is 1.11. The largest absolute Gasteiger partial charge is 0.480 e. The van der Waals surface area contributed by atoms with Gasteiger partial charge in [0.15, 0.2) is 0 Å². The van der Waals surface area contributed by atoms with E-state index in [1.54, 1.807) is 0 Å². The molecule has 0 bridgehead atoms. The Kier molecular flexibility index (Phi) is 3.47. The first-order valence-electron chi connectivity index (χ1n) is 4.53. The standard InChI is InChI=1S/C9H10N2O5S/c1-9(2,8(13)14)10-7(12)5-3-6(11(15)16)17-4-5/h3-4H,1-2H3,(H,10,12)(H,13,14). The zero-order valence-electron chi connectivity index (χ0n) is 9.09. The number of carbonyl (C=O) groups is 2. The van der Waals surface area contributed by atoms with Crippen LogP contribution in [0.1, 0.15) is 24.2 Å². The van der Waals surface area contributed by atoms with Gasteiger partial charge in [0.1, 0.15) is 5.54 Å². The molecule has 0 spiro atoms. The van der Waals surface area contributed by atoms with Crippen LogP contribution in [0.3, 0.4) is 0 Å². The number of carboxylic acid groups (broad SMARTS) is 1. The molecule has 0 fully saturated rings. The minimum absolute atomic E-state index is 0.0797. The van der Waals surface area contributed by atoms with E-state index in [4.69, 9.17) is 5.11 Å². The lowest BCUT2D eigenvalue weighted by Gasteiger charge is -2.20. The second kappa shape index (κ2) is 4.50. The van der Waals surface area contributed by atoms with Crippen molar-refractivity contribution in [3.63, 3.8) is 0 Å². The van der Waals surface area contributed by atoms with Crippen molar-refractivity contribution in [2.75, 3.05) is 0 Å². The first kappa shape index (κ1) is 13.1. The van der Waals surface area contributed by atoms with E-state index in [0.717, 1.165) is 17.4 Å². The molecule has 1 amide bonds. The smallest absolute Gasteiger partial charge is 0.328 e. The van der Waals surface area contributed by atoms with Crippen LogP contribution in [0.5, 0.6) is 0 Å². The van der Waals surface area contributed by atoms with Crippen molar-refractivity contribution >= 4 is 28.2 Å². The zero-order chi connectivity index (χ0) is 13.2. The molecule has 0 unspecified atom stereocenters.